The Balaban J connectivity index is 1.58. The van der Waals surface area contributed by atoms with Crippen molar-refractivity contribution in [2.24, 2.45) is 12.0 Å². The van der Waals surface area contributed by atoms with E-state index in [9.17, 15) is 4.79 Å². The number of aryl methyl sites for hydroxylation is 1. The molecule has 3 rings (SSSR count). The van der Waals surface area contributed by atoms with E-state index in [-0.39, 0.29) is 18.1 Å². The number of aliphatic imine (C=N–C) groups is 1. The van der Waals surface area contributed by atoms with Gasteiger partial charge in [-0.25, -0.2) is 0 Å². The van der Waals surface area contributed by atoms with Gasteiger partial charge in [0.15, 0.2) is 5.96 Å². The van der Waals surface area contributed by atoms with Crippen molar-refractivity contribution in [2.45, 2.75) is 18.4 Å². The number of anilines is 1. The number of nitrogens with zero attached hydrogens (tertiary/aromatic N) is 5. The molecule has 1 aromatic rings. The molecule has 0 atom stereocenters. The van der Waals surface area contributed by atoms with Crippen LogP contribution in [0.4, 0.5) is 5.69 Å². The number of nitrogens with one attached hydrogen (secondary N) is 1. The fraction of sp³-hybridized carbons (Fsp3) is 0.706. The van der Waals surface area contributed by atoms with Gasteiger partial charge in [0.05, 0.1) is 17.5 Å². The molecular formula is C17H28N6O3. The lowest BCUT2D eigenvalue weighted by molar-refractivity contribution is -0.120. The minimum absolute atomic E-state index is 0.0414. The van der Waals surface area contributed by atoms with E-state index in [1.165, 1.54) is 0 Å². The SMILES string of the molecule is CN=C(NCC1(OC)CCOCC1)N1CCN(c2cnn(C)c2)C(=O)C1. The van der Waals surface area contributed by atoms with Crippen LogP contribution in [0.2, 0.25) is 0 Å². The number of piperazine rings is 1. The van der Waals surface area contributed by atoms with Gasteiger partial charge in [-0.2, -0.15) is 5.10 Å². The van der Waals surface area contributed by atoms with E-state index >= 15 is 0 Å². The Kier molecular flexibility index (Phi) is 5.77. The topological polar surface area (TPSA) is 84.2 Å². The highest BCUT2D eigenvalue weighted by Crippen LogP contribution is 2.23. The Hall–Kier alpha value is -2.13. The van der Waals surface area contributed by atoms with Crippen LogP contribution >= 0.6 is 0 Å². The molecule has 26 heavy (non-hydrogen) atoms. The molecule has 0 spiro atoms. The highest BCUT2D eigenvalue weighted by atomic mass is 16.5. The summed E-state index contributed by atoms with van der Waals surface area (Å²) in [5, 5.41) is 7.53. The van der Waals surface area contributed by atoms with Gasteiger partial charge in [0, 0.05) is 73.1 Å². The van der Waals surface area contributed by atoms with Crippen molar-refractivity contribution in [1.29, 1.82) is 0 Å². The number of aromatic nitrogens is 2. The second-order valence-corrected chi connectivity index (χ2v) is 6.74. The van der Waals surface area contributed by atoms with E-state index in [2.05, 4.69) is 15.4 Å². The molecular weight excluding hydrogens is 336 g/mol. The number of methoxy groups -OCH3 is 1. The predicted molar refractivity (Wildman–Crippen MR) is 98.3 cm³/mol. The average Bonchev–Trinajstić information content (AvgIpc) is 3.09. The van der Waals surface area contributed by atoms with E-state index < -0.39 is 0 Å². The lowest BCUT2D eigenvalue weighted by Crippen LogP contribution is -2.57. The van der Waals surface area contributed by atoms with E-state index in [1.54, 1.807) is 29.9 Å². The van der Waals surface area contributed by atoms with Gasteiger partial charge in [0.2, 0.25) is 5.91 Å². The number of amides is 1. The highest BCUT2D eigenvalue weighted by Gasteiger charge is 2.34. The molecule has 9 heteroatoms. The number of hydrogen-bond donors (Lipinski definition) is 1. The van der Waals surface area contributed by atoms with Crippen LogP contribution in [-0.2, 0) is 21.3 Å². The van der Waals surface area contributed by atoms with Gasteiger partial charge in [-0.3, -0.25) is 14.5 Å². The third kappa shape index (κ3) is 3.99. The van der Waals surface area contributed by atoms with Crippen molar-refractivity contribution in [3.63, 3.8) is 0 Å². The molecule has 1 amide bonds. The van der Waals surface area contributed by atoms with Crippen molar-refractivity contribution in [2.75, 3.05) is 58.5 Å². The molecule has 9 nitrogen and oxygen atoms in total. The quantitative estimate of drug-likeness (QED) is 0.590. The van der Waals surface area contributed by atoms with E-state index in [4.69, 9.17) is 9.47 Å². The molecule has 1 aromatic heterocycles. The van der Waals surface area contributed by atoms with Gasteiger partial charge in [0.25, 0.3) is 0 Å². The van der Waals surface area contributed by atoms with Gasteiger partial charge < -0.3 is 24.6 Å². The molecule has 0 aromatic carbocycles. The van der Waals surface area contributed by atoms with Gasteiger partial charge in [-0.05, 0) is 0 Å². The van der Waals surface area contributed by atoms with E-state index in [1.807, 2.05) is 18.1 Å². The lowest BCUT2D eigenvalue weighted by atomic mass is 9.94. The summed E-state index contributed by atoms with van der Waals surface area (Å²) >= 11 is 0. The van der Waals surface area contributed by atoms with Crippen LogP contribution in [0.15, 0.2) is 17.4 Å². The Morgan fingerprint density at radius 3 is 2.77 bits per heavy atom. The van der Waals surface area contributed by atoms with Crippen LogP contribution < -0.4 is 10.2 Å². The fourth-order valence-corrected chi connectivity index (χ4v) is 3.44. The molecule has 0 saturated carbocycles. The van der Waals surface area contributed by atoms with Crippen molar-refractivity contribution in [3.8, 4) is 0 Å². The normalized spacial score (nSPS) is 21.2. The van der Waals surface area contributed by atoms with Crippen LogP contribution in [0.3, 0.4) is 0 Å². The second kappa shape index (κ2) is 8.05. The van der Waals surface area contributed by atoms with Gasteiger partial charge in [-0.15, -0.1) is 0 Å². The maximum atomic E-state index is 12.6. The van der Waals surface area contributed by atoms with Gasteiger partial charge >= 0.3 is 0 Å². The lowest BCUT2D eigenvalue weighted by Gasteiger charge is -2.39. The van der Waals surface area contributed by atoms with Crippen LogP contribution in [0.5, 0.6) is 0 Å². The van der Waals surface area contributed by atoms with Gasteiger partial charge in [0.1, 0.15) is 6.54 Å². The second-order valence-electron chi connectivity index (χ2n) is 6.74. The first-order valence-corrected chi connectivity index (χ1v) is 8.94. The summed E-state index contributed by atoms with van der Waals surface area (Å²) in [5.74, 6) is 0.770. The average molecular weight is 364 g/mol. The molecule has 144 valence electrons. The zero-order valence-corrected chi connectivity index (χ0v) is 15.8. The highest BCUT2D eigenvalue weighted by molar-refractivity contribution is 5.98. The Morgan fingerprint density at radius 2 is 2.19 bits per heavy atom. The van der Waals surface area contributed by atoms with Crippen LogP contribution in [-0.4, -0.2) is 85.7 Å². The monoisotopic (exact) mass is 364 g/mol. The molecule has 0 unspecified atom stereocenters. The molecule has 2 aliphatic rings. The third-order valence-corrected chi connectivity index (χ3v) is 5.14. The number of ether oxygens (including phenoxy) is 2. The smallest absolute Gasteiger partial charge is 0.246 e. The summed E-state index contributed by atoms with van der Waals surface area (Å²) in [5.41, 5.74) is 0.594. The van der Waals surface area contributed by atoms with Crippen LogP contribution in [0.1, 0.15) is 12.8 Å². The summed E-state index contributed by atoms with van der Waals surface area (Å²) < 4.78 is 12.9. The van der Waals surface area contributed by atoms with Crippen molar-refractivity contribution >= 4 is 17.6 Å². The standard InChI is InChI=1S/C17H28N6O3/c1-18-16(19-13-17(25-3)4-8-26-9-5-17)22-6-7-23(15(24)12-22)14-10-20-21(2)11-14/h10-11H,4-9,12-13H2,1-3H3,(H,18,19). The maximum Gasteiger partial charge on any atom is 0.246 e. The number of hydrogen-bond acceptors (Lipinski definition) is 5. The Bertz CT molecular complexity index is 653. The van der Waals surface area contributed by atoms with Crippen LogP contribution in [0, 0.1) is 0 Å². The number of carbonyl (C=O) groups excluding carboxylic acids is 1. The molecule has 0 aliphatic carbocycles. The first-order chi connectivity index (χ1) is 12.6. The number of guanidine groups is 1. The number of rotatable bonds is 4. The summed E-state index contributed by atoms with van der Waals surface area (Å²) in [4.78, 5) is 20.7. The van der Waals surface area contributed by atoms with Crippen molar-refractivity contribution in [3.05, 3.63) is 12.4 Å². The zero-order valence-electron chi connectivity index (χ0n) is 15.8. The van der Waals surface area contributed by atoms with Crippen LogP contribution in [0.25, 0.3) is 0 Å². The fourth-order valence-electron chi connectivity index (χ4n) is 3.44. The molecule has 2 aliphatic heterocycles. The third-order valence-electron chi connectivity index (χ3n) is 5.14. The largest absolute Gasteiger partial charge is 0.381 e. The van der Waals surface area contributed by atoms with Crippen molar-refractivity contribution < 1.29 is 14.3 Å². The Morgan fingerprint density at radius 1 is 1.42 bits per heavy atom. The molecule has 1 N–H and O–H groups in total. The zero-order chi connectivity index (χ0) is 18.6. The maximum absolute atomic E-state index is 12.6. The Labute approximate surface area is 153 Å². The minimum atomic E-state index is -0.240. The first-order valence-electron chi connectivity index (χ1n) is 8.94. The molecule has 0 radical (unpaired) electrons. The van der Waals surface area contributed by atoms with Gasteiger partial charge in [-0.1, -0.05) is 0 Å². The summed E-state index contributed by atoms with van der Waals surface area (Å²) in [6.07, 6.45) is 5.27. The molecule has 2 saturated heterocycles. The van der Waals surface area contributed by atoms with Crippen molar-refractivity contribution in [1.82, 2.24) is 20.0 Å². The molecule has 2 fully saturated rings. The van der Waals surface area contributed by atoms with E-state index in [0.29, 0.717) is 32.8 Å². The predicted octanol–water partition coefficient (Wildman–Crippen LogP) is -0.160. The first kappa shape index (κ1) is 18.7. The summed E-state index contributed by atoms with van der Waals surface area (Å²) in [7, 11) is 5.33. The molecule has 0 bridgehead atoms. The number of carbonyl (C=O) groups is 1. The molecule has 3 heterocycles. The van der Waals surface area contributed by atoms with E-state index in [0.717, 1.165) is 24.5 Å². The summed E-state index contributed by atoms with van der Waals surface area (Å²) in [6.45, 7) is 3.67. The minimum Gasteiger partial charge on any atom is -0.381 e. The summed E-state index contributed by atoms with van der Waals surface area (Å²) in [6, 6.07) is 0.